The Morgan fingerprint density at radius 2 is 2.05 bits per heavy atom. The highest BCUT2D eigenvalue weighted by atomic mass is 16.5. The summed E-state index contributed by atoms with van der Waals surface area (Å²) >= 11 is 0. The van der Waals surface area contributed by atoms with E-state index in [2.05, 4.69) is 0 Å². The maximum atomic E-state index is 12.9. The van der Waals surface area contributed by atoms with Crippen LogP contribution in [0.4, 0.5) is 5.69 Å². The van der Waals surface area contributed by atoms with Gasteiger partial charge in [-0.25, -0.2) is 0 Å². The van der Waals surface area contributed by atoms with Gasteiger partial charge in [0.15, 0.2) is 5.60 Å². The van der Waals surface area contributed by atoms with Crippen LogP contribution in [0.25, 0.3) is 6.08 Å². The summed E-state index contributed by atoms with van der Waals surface area (Å²) in [5.74, 6) is -0.225. The van der Waals surface area contributed by atoms with Crippen molar-refractivity contribution in [3.63, 3.8) is 0 Å². The molecule has 1 saturated heterocycles. The zero-order valence-corrected chi connectivity index (χ0v) is 13.1. The van der Waals surface area contributed by atoms with Gasteiger partial charge in [0.1, 0.15) is 0 Å². The maximum Gasteiger partial charge on any atom is 0.259 e. The van der Waals surface area contributed by atoms with E-state index in [-0.39, 0.29) is 5.91 Å². The van der Waals surface area contributed by atoms with Crippen molar-refractivity contribution in [2.45, 2.75) is 12.0 Å². The summed E-state index contributed by atoms with van der Waals surface area (Å²) in [5.41, 5.74) is 1.09. The zero-order chi connectivity index (χ0) is 15.7. The minimum absolute atomic E-state index is 0.225. The molecule has 0 spiro atoms. The van der Waals surface area contributed by atoms with Gasteiger partial charge in [-0.15, -0.1) is 0 Å². The third-order valence-corrected chi connectivity index (χ3v) is 4.36. The predicted octanol–water partition coefficient (Wildman–Crippen LogP) is 1.22. The fraction of sp³-hybridized carbons (Fsp3) is 0.471. The number of nitrogens with zero attached hydrogens (tertiary/aromatic N) is 2. The third-order valence-electron chi connectivity index (χ3n) is 4.36. The Hall–Kier alpha value is -1.85. The fourth-order valence-corrected chi connectivity index (χ4v) is 3.02. The van der Waals surface area contributed by atoms with E-state index in [1.807, 2.05) is 49.3 Å². The average Bonchev–Trinajstić information content (AvgIpc) is 2.55. The second kappa shape index (κ2) is 5.74. The number of ether oxygens (including phenoxy) is 1. The van der Waals surface area contributed by atoms with Crippen LogP contribution in [0.15, 0.2) is 24.3 Å². The number of hydrogen-bond donors (Lipinski definition) is 1. The lowest BCUT2D eigenvalue weighted by atomic mass is 9.81. The molecule has 2 aliphatic rings. The summed E-state index contributed by atoms with van der Waals surface area (Å²) in [4.78, 5) is 16.6. The van der Waals surface area contributed by atoms with Gasteiger partial charge in [0.05, 0.1) is 13.2 Å². The molecule has 1 unspecified atom stereocenters. The van der Waals surface area contributed by atoms with Gasteiger partial charge in [-0.1, -0.05) is 18.2 Å². The molecule has 1 aromatic carbocycles. The number of rotatable bonds is 2. The fourth-order valence-electron chi connectivity index (χ4n) is 3.02. The molecule has 118 valence electrons. The van der Waals surface area contributed by atoms with E-state index in [0.717, 1.165) is 11.3 Å². The Morgan fingerprint density at radius 1 is 1.32 bits per heavy atom. The van der Waals surface area contributed by atoms with Crippen LogP contribution in [0.1, 0.15) is 17.5 Å². The minimum atomic E-state index is -1.48. The highest BCUT2D eigenvalue weighted by molar-refractivity contribution is 5.89. The van der Waals surface area contributed by atoms with Crippen molar-refractivity contribution >= 4 is 17.7 Å². The summed E-state index contributed by atoms with van der Waals surface area (Å²) in [6.07, 6.45) is 4.15. The van der Waals surface area contributed by atoms with Crippen LogP contribution in [0.3, 0.4) is 0 Å². The first kappa shape index (κ1) is 15.1. The molecule has 1 aliphatic heterocycles. The largest absolute Gasteiger partial charge is 0.378 e. The number of anilines is 1. The van der Waals surface area contributed by atoms with Gasteiger partial charge < -0.3 is 19.6 Å². The van der Waals surface area contributed by atoms with Crippen LogP contribution in [0.2, 0.25) is 0 Å². The smallest absolute Gasteiger partial charge is 0.259 e. The van der Waals surface area contributed by atoms with Crippen molar-refractivity contribution < 1.29 is 14.6 Å². The number of amides is 1. The Kier molecular flexibility index (Phi) is 3.93. The summed E-state index contributed by atoms with van der Waals surface area (Å²) < 4.78 is 5.29. The monoisotopic (exact) mass is 302 g/mol. The molecule has 5 heteroatoms. The lowest BCUT2D eigenvalue weighted by Crippen LogP contribution is -2.51. The molecule has 1 aromatic rings. The lowest BCUT2D eigenvalue weighted by Gasteiger charge is -2.37. The van der Waals surface area contributed by atoms with Crippen LogP contribution < -0.4 is 4.90 Å². The highest BCUT2D eigenvalue weighted by Gasteiger charge is 2.43. The zero-order valence-electron chi connectivity index (χ0n) is 13.1. The van der Waals surface area contributed by atoms with Crippen molar-refractivity contribution in [2.75, 3.05) is 45.3 Å². The van der Waals surface area contributed by atoms with E-state index in [1.54, 1.807) is 4.90 Å². The van der Waals surface area contributed by atoms with Gasteiger partial charge in [-0.05, 0) is 17.7 Å². The highest BCUT2D eigenvalue weighted by Crippen LogP contribution is 2.37. The molecule has 1 heterocycles. The first-order chi connectivity index (χ1) is 10.5. The van der Waals surface area contributed by atoms with Crippen LogP contribution in [-0.2, 0) is 15.1 Å². The Morgan fingerprint density at radius 3 is 2.73 bits per heavy atom. The maximum absolute atomic E-state index is 12.9. The molecule has 0 saturated carbocycles. The second-order valence-electron chi connectivity index (χ2n) is 6.04. The van der Waals surface area contributed by atoms with Gasteiger partial charge in [0, 0.05) is 44.9 Å². The number of hydrogen-bond acceptors (Lipinski definition) is 4. The number of fused-ring (bicyclic) bond motifs is 1. The number of carbonyl (C=O) groups excluding carboxylic acids is 1. The summed E-state index contributed by atoms with van der Waals surface area (Å²) in [6.45, 7) is 2.13. The first-order valence-corrected chi connectivity index (χ1v) is 7.60. The van der Waals surface area contributed by atoms with Crippen LogP contribution >= 0.6 is 0 Å². The van der Waals surface area contributed by atoms with Gasteiger partial charge in [0.2, 0.25) is 0 Å². The molecule has 0 bridgehead atoms. The molecule has 1 N–H and O–H groups in total. The molecule has 3 rings (SSSR count). The predicted molar refractivity (Wildman–Crippen MR) is 85.7 cm³/mol. The number of carbonyl (C=O) groups is 1. The van der Waals surface area contributed by atoms with Crippen molar-refractivity contribution in [2.24, 2.45) is 0 Å². The lowest BCUT2D eigenvalue weighted by molar-refractivity contribution is -0.156. The Labute approximate surface area is 130 Å². The molecule has 0 radical (unpaired) electrons. The molecular formula is C17H22N2O3. The summed E-state index contributed by atoms with van der Waals surface area (Å²) in [5, 5.41) is 11.1. The number of aliphatic hydroxyl groups is 1. The van der Waals surface area contributed by atoms with E-state index in [1.165, 1.54) is 0 Å². The van der Waals surface area contributed by atoms with E-state index >= 15 is 0 Å². The number of morpholine rings is 1. The average molecular weight is 302 g/mol. The van der Waals surface area contributed by atoms with Crippen LogP contribution in [0.5, 0.6) is 0 Å². The van der Waals surface area contributed by atoms with E-state index < -0.39 is 5.60 Å². The molecule has 5 nitrogen and oxygen atoms in total. The molecule has 1 amide bonds. The van der Waals surface area contributed by atoms with Crippen LogP contribution in [0, 0.1) is 0 Å². The van der Waals surface area contributed by atoms with Gasteiger partial charge in [0.25, 0.3) is 5.91 Å². The van der Waals surface area contributed by atoms with Gasteiger partial charge in [-0.2, -0.15) is 0 Å². The molecule has 1 fully saturated rings. The standard InChI is InChI=1S/C17H22N2O3/c1-18(2)14-6-5-13-4-3-7-17(21,15(13)12-14)16(20)19-8-10-22-11-9-19/h3-6,12,21H,7-11H2,1-2H3. The summed E-state index contributed by atoms with van der Waals surface area (Å²) in [7, 11) is 3.90. The molecular weight excluding hydrogens is 280 g/mol. The second-order valence-corrected chi connectivity index (χ2v) is 6.04. The Bertz CT molecular complexity index is 606. The minimum Gasteiger partial charge on any atom is -0.378 e. The van der Waals surface area contributed by atoms with Crippen molar-refractivity contribution in [3.05, 3.63) is 35.4 Å². The normalized spacial score (nSPS) is 24.0. The Balaban J connectivity index is 1.99. The molecule has 0 aromatic heterocycles. The van der Waals surface area contributed by atoms with Crippen molar-refractivity contribution in [1.82, 2.24) is 4.90 Å². The topological polar surface area (TPSA) is 53.0 Å². The van der Waals surface area contributed by atoms with Crippen LogP contribution in [-0.4, -0.2) is 56.3 Å². The molecule has 22 heavy (non-hydrogen) atoms. The third kappa shape index (κ3) is 2.51. The SMILES string of the molecule is CN(C)c1ccc2c(c1)C(O)(C(=O)N1CCOCC1)CC=C2. The van der Waals surface area contributed by atoms with Gasteiger partial charge >= 0.3 is 0 Å². The number of benzene rings is 1. The molecule has 1 atom stereocenters. The summed E-state index contributed by atoms with van der Waals surface area (Å²) in [6, 6.07) is 5.86. The van der Waals surface area contributed by atoms with E-state index in [4.69, 9.17) is 4.74 Å². The van der Waals surface area contributed by atoms with E-state index in [0.29, 0.717) is 38.3 Å². The first-order valence-electron chi connectivity index (χ1n) is 7.60. The molecule has 1 aliphatic carbocycles. The van der Waals surface area contributed by atoms with E-state index in [9.17, 15) is 9.90 Å². The van der Waals surface area contributed by atoms with Gasteiger partial charge in [-0.3, -0.25) is 4.79 Å². The van der Waals surface area contributed by atoms with Crippen molar-refractivity contribution in [3.8, 4) is 0 Å². The quantitative estimate of drug-likeness (QED) is 0.892. The van der Waals surface area contributed by atoms with Crippen molar-refractivity contribution in [1.29, 1.82) is 0 Å².